The van der Waals surface area contributed by atoms with E-state index in [9.17, 15) is 4.79 Å². The smallest absolute Gasteiger partial charge is 0.280 e. The van der Waals surface area contributed by atoms with E-state index in [1.165, 1.54) is 11.3 Å². The van der Waals surface area contributed by atoms with Crippen molar-refractivity contribution in [3.63, 3.8) is 0 Å². The molecule has 0 aliphatic carbocycles. The number of carbonyl (C=O) groups excluding carboxylic acids is 1. The van der Waals surface area contributed by atoms with Gasteiger partial charge in [0.1, 0.15) is 5.75 Å². The first-order valence-corrected chi connectivity index (χ1v) is 9.49. The highest BCUT2D eigenvalue weighted by Crippen LogP contribution is 2.39. The molecule has 0 atom stereocenters. The van der Waals surface area contributed by atoms with E-state index >= 15 is 0 Å². The molecule has 0 unspecified atom stereocenters. The van der Waals surface area contributed by atoms with E-state index in [1.54, 1.807) is 6.20 Å². The van der Waals surface area contributed by atoms with E-state index in [-0.39, 0.29) is 5.91 Å². The van der Waals surface area contributed by atoms with Crippen LogP contribution in [-0.2, 0) is 6.42 Å². The lowest BCUT2D eigenvalue weighted by molar-refractivity contribution is 0.0953. The van der Waals surface area contributed by atoms with Gasteiger partial charge in [0.15, 0.2) is 5.01 Å². The maximum atomic E-state index is 12.3. The molecule has 0 saturated heterocycles. The van der Waals surface area contributed by atoms with Crippen LogP contribution < -0.4 is 10.1 Å². The van der Waals surface area contributed by atoms with E-state index in [4.69, 9.17) is 10.00 Å². The molecular weight excluding hydrogens is 362 g/mol. The number of H-pyrrole nitrogens is 1. The van der Waals surface area contributed by atoms with Crippen molar-refractivity contribution in [3.05, 3.63) is 40.5 Å². The molecule has 2 aromatic heterocycles. The minimum Gasteiger partial charge on any atom is -0.492 e. The highest BCUT2D eigenvalue weighted by molar-refractivity contribution is 7.14. The van der Waals surface area contributed by atoms with E-state index in [0.29, 0.717) is 37.4 Å². The Balaban J connectivity index is 1.61. The van der Waals surface area contributed by atoms with Gasteiger partial charge in [0, 0.05) is 41.6 Å². The van der Waals surface area contributed by atoms with Crippen LogP contribution in [-0.4, -0.2) is 34.2 Å². The van der Waals surface area contributed by atoms with Crippen LogP contribution in [0.3, 0.4) is 0 Å². The predicted molar refractivity (Wildman–Crippen MR) is 102 cm³/mol. The van der Waals surface area contributed by atoms with E-state index in [0.717, 1.165) is 33.0 Å². The average molecular weight is 379 g/mol. The summed E-state index contributed by atoms with van der Waals surface area (Å²) in [4.78, 5) is 18.0. The number of hydrogen-bond acceptors (Lipinski definition) is 6. The van der Waals surface area contributed by atoms with Gasteiger partial charge in [-0.15, -0.1) is 11.3 Å². The van der Waals surface area contributed by atoms with Gasteiger partial charge in [-0.05, 0) is 24.1 Å². The largest absolute Gasteiger partial charge is 0.492 e. The molecule has 27 heavy (non-hydrogen) atoms. The molecule has 0 spiro atoms. The number of amides is 1. The van der Waals surface area contributed by atoms with Crippen molar-refractivity contribution in [2.24, 2.45) is 0 Å². The Hall–Kier alpha value is -3.18. The first kappa shape index (κ1) is 17.2. The summed E-state index contributed by atoms with van der Waals surface area (Å²) >= 11 is 1.40. The lowest BCUT2D eigenvalue weighted by atomic mass is 10.0. The normalized spacial score (nSPS) is 12.3. The summed E-state index contributed by atoms with van der Waals surface area (Å²) in [5.74, 6) is 0.572. The minimum atomic E-state index is -0.191. The molecule has 8 heteroatoms. The molecule has 1 aliphatic rings. The topological polar surface area (TPSA) is 104 Å². The maximum Gasteiger partial charge on any atom is 0.280 e. The Kier molecular flexibility index (Phi) is 4.85. The molecule has 3 aromatic rings. The molecule has 0 bridgehead atoms. The summed E-state index contributed by atoms with van der Waals surface area (Å²) in [6.07, 6.45) is 5.38. The first-order valence-electron chi connectivity index (χ1n) is 8.67. The predicted octanol–water partition coefficient (Wildman–Crippen LogP) is 3.17. The number of benzene rings is 1. The summed E-state index contributed by atoms with van der Waals surface area (Å²) < 4.78 is 5.93. The number of carbonyl (C=O) groups is 1. The third-order valence-electron chi connectivity index (χ3n) is 4.30. The molecule has 0 fully saturated rings. The third-order valence-corrected chi connectivity index (χ3v) is 5.41. The second-order valence-corrected chi connectivity index (χ2v) is 7.19. The molecule has 0 radical (unpaired) electrons. The van der Waals surface area contributed by atoms with E-state index < -0.39 is 0 Å². The summed E-state index contributed by atoms with van der Waals surface area (Å²) in [6.45, 7) is 1.02. The Morgan fingerprint density at radius 2 is 2.33 bits per heavy atom. The van der Waals surface area contributed by atoms with Crippen LogP contribution in [0.25, 0.3) is 22.4 Å². The Morgan fingerprint density at radius 3 is 3.15 bits per heavy atom. The van der Waals surface area contributed by atoms with Crippen LogP contribution >= 0.6 is 11.3 Å². The number of aromatic amines is 1. The number of hydrogen-bond donors (Lipinski definition) is 2. The van der Waals surface area contributed by atoms with Crippen molar-refractivity contribution in [3.8, 4) is 34.2 Å². The van der Waals surface area contributed by atoms with Gasteiger partial charge in [0.25, 0.3) is 5.91 Å². The van der Waals surface area contributed by atoms with Gasteiger partial charge in [0.05, 0.1) is 24.6 Å². The molecule has 1 aromatic carbocycles. The second kappa shape index (κ2) is 7.60. The Morgan fingerprint density at radius 1 is 1.41 bits per heavy atom. The average Bonchev–Trinajstić information content (AvgIpc) is 3.33. The van der Waals surface area contributed by atoms with Crippen molar-refractivity contribution < 1.29 is 9.53 Å². The van der Waals surface area contributed by atoms with Crippen molar-refractivity contribution in [2.75, 3.05) is 13.2 Å². The number of aromatic nitrogens is 3. The number of nitriles is 1. The van der Waals surface area contributed by atoms with Crippen molar-refractivity contribution in [1.29, 1.82) is 5.26 Å². The van der Waals surface area contributed by atoms with Crippen LogP contribution in [0.15, 0.2) is 30.6 Å². The van der Waals surface area contributed by atoms with Crippen LogP contribution in [0.4, 0.5) is 0 Å². The fourth-order valence-electron chi connectivity index (χ4n) is 2.95. The van der Waals surface area contributed by atoms with Gasteiger partial charge in [-0.3, -0.25) is 9.89 Å². The second-order valence-electron chi connectivity index (χ2n) is 6.10. The standard InChI is InChI=1S/C19H17N5O2S/c20-6-1-2-7-21-18(25)19-24-17-14-4-3-12(13-10-22-23-11-13)9-15(14)26-8-5-16(17)27-19/h3-4,9-11H,1-2,5,7-8H2,(H,21,25)(H,22,23). The highest BCUT2D eigenvalue weighted by Gasteiger charge is 2.23. The molecule has 2 N–H and O–H groups in total. The van der Waals surface area contributed by atoms with E-state index in [2.05, 4.69) is 26.6 Å². The molecule has 136 valence electrons. The van der Waals surface area contributed by atoms with Gasteiger partial charge < -0.3 is 10.1 Å². The maximum absolute atomic E-state index is 12.3. The zero-order valence-electron chi connectivity index (χ0n) is 14.5. The Bertz CT molecular complexity index is 1000. The molecule has 1 aliphatic heterocycles. The number of rotatable bonds is 5. The van der Waals surface area contributed by atoms with Crippen molar-refractivity contribution in [2.45, 2.75) is 19.3 Å². The van der Waals surface area contributed by atoms with Gasteiger partial charge in [-0.1, -0.05) is 6.07 Å². The summed E-state index contributed by atoms with van der Waals surface area (Å²) in [5.41, 5.74) is 3.71. The summed E-state index contributed by atoms with van der Waals surface area (Å²) in [6, 6.07) is 8.04. The van der Waals surface area contributed by atoms with Gasteiger partial charge in [0.2, 0.25) is 0 Å². The fraction of sp³-hybridized carbons (Fsp3) is 0.263. The molecular formula is C19H17N5O2S. The summed E-state index contributed by atoms with van der Waals surface area (Å²) in [7, 11) is 0. The highest BCUT2D eigenvalue weighted by atomic mass is 32.1. The number of unbranched alkanes of at least 4 members (excludes halogenated alkanes) is 1. The monoisotopic (exact) mass is 379 g/mol. The third kappa shape index (κ3) is 3.55. The van der Waals surface area contributed by atoms with Crippen LogP contribution in [0.2, 0.25) is 0 Å². The number of thiazole rings is 1. The zero-order valence-corrected chi connectivity index (χ0v) is 15.3. The lowest BCUT2D eigenvalue weighted by Gasteiger charge is -2.08. The number of fused-ring (bicyclic) bond motifs is 3. The minimum absolute atomic E-state index is 0.191. The lowest BCUT2D eigenvalue weighted by Crippen LogP contribution is -2.24. The van der Waals surface area contributed by atoms with Crippen molar-refractivity contribution >= 4 is 17.2 Å². The van der Waals surface area contributed by atoms with Gasteiger partial charge in [-0.25, -0.2) is 4.98 Å². The molecule has 1 amide bonds. The summed E-state index contributed by atoms with van der Waals surface area (Å²) in [5, 5.41) is 18.6. The number of nitrogens with zero attached hydrogens (tertiary/aromatic N) is 3. The van der Waals surface area contributed by atoms with Gasteiger partial charge in [-0.2, -0.15) is 10.4 Å². The molecule has 4 rings (SSSR count). The number of nitrogens with one attached hydrogen (secondary N) is 2. The van der Waals surface area contributed by atoms with Crippen LogP contribution in [0.5, 0.6) is 5.75 Å². The Labute approximate surface area is 160 Å². The van der Waals surface area contributed by atoms with Crippen molar-refractivity contribution in [1.82, 2.24) is 20.5 Å². The molecule has 7 nitrogen and oxygen atoms in total. The molecule has 0 saturated carbocycles. The quantitative estimate of drug-likeness (QED) is 0.663. The fourth-order valence-corrected chi connectivity index (χ4v) is 3.93. The van der Waals surface area contributed by atoms with Gasteiger partial charge >= 0.3 is 0 Å². The van der Waals surface area contributed by atoms with Crippen LogP contribution in [0.1, 0.15) is 27.5 Å². The number of ether oxygens (including phenoxy) is 1. The zero-order chi connectivity index (χ0) is 18.6. The molecule has 3 heterocycles. The van der Waals surface area contributed by atoms with Crippen LogP contribution in [0, 0.1) is 11.3 Å². The SMILES string of the molecule is N#CCCCNC(=O)c1nc2c(s1)CCOc1cc(-c3cn[nH]c3)ccc1-2. The first-order chi connectivity index (χ1) is 13.3. The van der Waals surface area contributed by atoms with E-state index in [1.807, 2.05) is 24.4 Å².